The number of nitrogens with one attached hydrogen (secondary N) is 2. The van der Waals surface area contributed by atoms with Gasteiger partial charge in [0.25, 0.3) is 0 Å². The number of rotatable bonds is 5. The minimum absolute atomic E-state index is 0.358. The molecular weight excluding hydrogens is 268 g/mol. The summed E-state index contributed by atoms with van der Waals surface area (Å²) < 4.78 is 0. The topological polar surface area (TPSA) is 62.4 Å². The molecule has 4 nitrogen and oxygen atoms in total. The SMILES string of the molecule is CCCN=C(N)NC(=S)Nc1c(CC)cccc1CC. The molecule has 0 fully saturated rings. The van der Waals surface area contributed by atoms with E-state index in [-0.39, 0.29) is 0 Å². The molecule has 0 saturated heterocycles. The second-order valence-corrected chi connectivity index (χ2v) is 4.91. The zero-order valence-corrected chi connectivity index (χ0v) is 13.3. The van der Waals surface area contributed by atoms with Crippen LogP contribution in [0, 0.1) is 0 Å². The van der Waals surface area contributed by atoms with Gasteiger partial charge in [0.05, 0.1) is 0 Å². The summed E-state index contributed by atoms with van der Waals surface area (Å²) >= 11 is 5.29. The number of nitrogens with zero attached hydrogens (tertiary/aromatic N) is 1. The lowest BCUT2D eigenvalue weighted by molar-refractivity contribution is 0.923. The molecule has 1 aromatic rings. The fourth-order valence-corrected chi connectivity index (χ4v) is 2.14. The zero-order chi connectivity index (χ0) is 15.0. The summed E-state index contributed by atoms with van der Waals surface area (Å²) in [6, 6.07) is 6.30. The third-order valence-electron chi connectivity index (χ3n) is 2.98. The molecule has 0 amide bonds. The number of guanidine groups is 1. The van der Waals surface area contributed by atoms with Gasteiger partial charge in [-0.25, -0.2) is 0 Å². The van der Waals surface area contributed by atoms with Crippen LogP contribution in [0.2, 0.25) is 0 Å². The highest BCUT2D eigenvalue weighted by atomic mass is 32.1. The number of benzene rings is 1. The molecule has 0 spiro atoms. The molecule has 0 aliphatic rings. The van der Waals surface area contributed by atoms with E-state index in [1.165, 1.54) is 11.1 Å². The Balaban J connectivity index is 2.80. The summed E-state index contributed by atoms with van der Waals surface area (Å²) in [5.74, 6) is 0.358. The Kier molecular flexibility index (Phi) is 7.01. The van der Waals surface area contributed by atoms with Crippen LogP contribution in [-0.2, 0) is 12.8 Å². The lowest BCUT2D eigenvalue weighted by atomic mass is 10.0. The monoisotopic (exact) mass is 292 g/mol. The summed E-state index contributed by atoms with van der Waals surface area (Å²) in [6.45, 7) is 7.02. The second-order valence-electron chi connectivity index (χ2n) is 4.50. The first-order valence-corrected chi connectivity index (χ1v) is 7.51. The van der Waals surface area contributed by atoms with Gasteiger partial charge < -0.3 is 16.4 Å². The van der Waals surface area contributed by atoms with Gasteiger partial charge >= 0.3 is 0 Å². The van der Waals surface area contributed by atoms with Crippen LogP contribution in [0.3, 0.4) is 0 Å². The number of anilines is 1. The van der Waals surface area contributed by atoms with Gasteiger partial charge in [-0.05, 0) is 42.6 Å². The van der Waals surface area contributed by atoms with Crippen LogP contribution in [0.5, 0.6) is 0 Å². The number of aryl methyl sites for hydroxylation is 2. The number of hydrogen-bond donors (Lipinski definition) is 3. The first kappa shape index (κ1) is 16.4. The smallest absolute Gasteiger partial charge is 0.194 e. The van der Waals surface area contributed by atoms with Gasteiger partial charge in [-0.3, -0.25) is 4.99 Å². The number of nitrogens with two attached hydrogens (primary N) is 1. The van der Waals surface area contributed by atoms with Crippen molar-refractivity contribution in [3.63, 3.8) is 0 Å². The van der Waals surface area contributed by atoms with Crippen molar-refractivity contribution in [2.45, 2.75) is 40.0 Å². The molecule has 20 heavy (non-hydrogen) atoms. The Bertz CT molecular complexity index is 461. The third kappa shape index (κ3) is 4.81. The van der Waals surface area contributed by atoms with Crippen LogP contribution >= 0.6 is 12.2 Å². The average molecular weight is 292 g/mol. The third-order valence-corrected chi connectivity index (χ3v) is 3.19. The van der Waals surface area contributed by atoms with E-state index in [0.29, 0.717) is 17.6 Å². The van der Waals surface area contributed by atoms with Gasteiger partial charge in [0.2, 0.25) is 0 Å². The van der Waals surface area contributed by atoms with Crippen molar-refractivity contribution in [1.82, 2.24) is 5.32 Å². The Hall–Kier alpha value is -1.62. The van der Waals surface area contributed by atoms with Crippen molar-refractivity contribution in [2.75, 3.05) is 11.9 Å². The highest BCUT2D eigenvalue weighted by Crippen LogP contribution is 2.22. The molecule has 0 heterocycles. The van der Waals surface area contributed by atoms with Crippen molar-refractivity contribution in [1.29, 1.82) is 0 Å². The minimum atomic E-state index is 0.358. The summed E-state index contributed by atoms with van der Waals surface area (Å²) in [7, 11) is 0. The Morgan fingerprint density at radius 1 is 1.20 bits per heavy atom. The van der Waals surface area contributed by atoms with Gasteiger partial charge in [0.15, 0.2) is 11.1 Å². The van der Waals surface area contributed by atoms with Gasteiger partial charge in [0, 0.05) is 12.2 Å². The van der Waals surface area contributed by atoms with Crippen LogP contribution in [0.25, 0.3) is 0 Å². The second kappa shape index (κ2) is 8.53. The van der Waals surface area contributed by atoms with E-state index in [1.807, 2.05) is 0 Å². The van der Waals surface area contributed by atoms with Crippen LogP contribution < -0.4 is 16.4 Å². The van der Waals surface area contributed by atoms with E-state index >= 15 is 0 Å². The molecule has 0 radical (unpaired) electrons. The quantitative estimate of drug-likeness (QED) is 0.444. The predicted molar refractivity (Wildman–Crippen MR) is 91.3 cm³/mol. The Morgan fingerprint density at radius 3 is 2.30 bits per heavy atom. The first-order valence-electron chi connectivity index (χ1n) is 7.11. The van der Waals surface area contributed by atoms with Crippen LogP contribution in [-0.4, -0.2) is 17.6 Å². The van der Waals surface area contributed by atoms with E-state index in [2.05, 4.69) is 54.6 Å². The predicted octanol–water partition coefficient (Wildman–Crippen LogP) is 2.82. The molecule has 110 valence electrons. The molecule has 0 atom stereocenters. The number of hydrogen-bond acceptors (Lipinski definition) is 2. The van der Waals surface area contributed by atoms with Crippen molar-refractivity contribution in [3.8, 4) is 0 Å². The maximum absolute atomic E-state index is 5.77. The lowest BCUT2D eigenvalue weighted by Gasteiger charge is -2.16. The molecule has 0 saturated carbocycles. The molecule has 4 N–H and O–H groups in total. The van der Waals surface area contributed by atoms with E-state index in [1.54, 1.807) is 0 Å². The van der Waals surface area contributed by atoms with Gasteiger partial charge in [-0.15, -0.1) is 0 Å². The molecule has 1 aromatic carbocycles. The van der Waals surface area contributed by atoms with Gasteiger partial charge in [-0.1, -0.05) is 39.0 Å². The fraction of sp³-hybridized carbons (Fsp3) is 0.467. The Morgan fingerprint density at radius 2 is 1.80 bits per heavy atom. The molecule has 5 heteroatoms. The molecule has 0 aliphatic heterocycles. The Labute approximate surface area is 126 Å². The minimum Gasteiger partial charge on any atom is -0.370 e. The summed E-state index contributed by atoms with van der Waals surface area (Å²) in [6.07, 6.45) is 2.87. The van der Waals surface area contributed by atoms with Gasteiger partial charge in [-0.2, -0.15) is 0 Å². The zero-order valence-electron chi connectivity index (χ0n) is 12.5. The normalized spacial score (nSPS) is 11.2. The van der Waals surface area contributed by atoms with E-state index in [9.17, 15) is 0 Å². The van der Waals surface area contributed by atoms with E-state index in [0.717, 1.165) is 24.9 Å². The van der Waals surface area contributed by atoms with E-state index in [4.69, 9.17) is 18.0 Å². The molecule has 0 bridgehead atoms. The largest absolute Gasteiger partial charge is 0.370 e. The van der Waals surface area contributed by atoms with Crippen molar-refractivity contribution in [2.24, 2.45) is 10.7 Å². The molecule has 0 aliphatic carbocycles. The fourth-order valence-electron chi connectivity index (χ4n) is 1.94. The number of thiocarbonyl (C=S) groups is 1. The summed E-state index contributed by atoms with van der Waals surface area (Å²) in [4.78, 5) is 4.17. The average Bonchev–Trinajstić information content (AvgIpc) is 2.45. The molecule has 0 aromatic heterocycles. The van der Waals surface area contributed by atoms with Gasteiger partial charge in [0.1, 0.15) is 0 Å². The van der Waals surface area contributed by atoms with Crippen molar-refractivity contribution < 1.29 is 0 Å². The maximum Gasteiger partial charge on any atom is 0.194 e. The first-order chi connectivity index (χ1) is 9.62. The lowest BCUT2D eigenvalue weighted by Crippen LogP contribution is -2.39. The molecular formula is C15H24N4S. The van der Waals surface area contributed by atoms with Crippen molar-refractivity contribution in [3.05, 3.63) is 29.3 Å². The number of aliphatic imine (C=N–C) groups is 1. The molecule has 0 unspecified atom stereocenters. The standard InChI is InChI=1S/C15H24N4S/c1-4-10-17-14(16)19-15(20)18-13-11(5-2)8-7-9-12(13)6-3/h7-9H,4-6,10H2,1-3H3,(H4,16,17,18,19,20). The van der Waals surface area contributed by atoms with Crippen LogP contribution in [0.4, 0.5) is 5.69 Å². The van der Waals surface area contributed by atoms with Crippen LogP contribution in [0.1, 0.15) is 38.3 Å². The number of para-hydroxylation sites is 1. The highest BCUT2D eigenvalue weighted by Gasteiger charge is 2.08. The molecule has 1 rings (SSSR count). The maximum atomic E-state index is 5.77. The van der Waals surface area contributed by atoms with Crippen LogP contribution in [0.15, 0.2) is 23.2 Å². The summed E-state index contributed by atoms with van der Waals surface area (Å²) in [5, 5.41) is 6.65. The van der Waals surface area contributed by atoms with E-state index < -0.39 is 0 Å². The highest BCUT2D eigenvalue weighted by molar-refractivity contribution is 7.80. The van der Waals surface area contributed by atoms with Crippen molar-refractivity contribution >= 4 is 29.0 Å². The summed E-state index contributed by atoms with van der Waals surface area (Å²) in [5.41, 5.74) is 9.34.